The van der Waals surface area contributed by atoms with Crippen LogP contribution in [-0.2, 0) is 15.1 Å². The minimum atomic E-state index is -1.46. The Kier molecular flexibility index (Phi) is 5.72. The number of benzene rings is 1. The Morgan fingerprint density at radius 2 is 2.05 bits per heavy atom. The molecule has 1 aromatic rings. The first-order chi connectivity index (χ1) is 9.82. The lowest BCUT2D eigenvalue weighted by Gasteiger charge is -2.25. The molecule has 0 aliphatic rings. The second-order valence-electron chi connectivity index (χ2n) is 4.82. The summed E-state index contributed by atoms with van der Waals surface area (Å²) in [6, 6.07) is 5.58. The van der Waals surface area contributed by atoms with Crippen LogP contribution >= 0.6 is 0 Å². The number of carbonyl (C=O) groups is 1. The van der Waals surface area contributed by atoms with E-state index < -0.39 is 11.7 Å². The summed E-state index contributed by atoms with van der Waals surface area (Å²) in [4.78, 5) is 11.1. The van der Waals surface area contributed by atoms with E-state index in [4.69, 9.17) is 4.74 Å². The van der Waals surface area contributed by atoms with Crippen molar-refractivity contribution in [1.82, 2.24) is 5.43 Å². The van der Waals surface area contributed by atoms with Crippen molar-refractivity contribution in [2.75, 3.05) is 13.7 Å². The van der Waals surface area contributed by atoms with Crippen LogP contribution in [0.1, 0.15) is 30.5 Å². The van der Waals surface area contributed by atoms with Gasteiger partial charge in [-0.25, -0.2) is 10.2 Å². The number of hydrogen-bond donors (Lipinski definition) is 2. The summed E-state index contributed by atoms with van der Waals surface area (Å²) in [5, 5.41) is 14.5. The second-order valence-corrected chi connectivity index (χ2v) is 4.82. The molecule has 6 heteroatoms. The summed E-state index contributed by atoms with van der Waals surface area (Å²) in [5.74, 6) is -0.00125. The van der Waals surface area contributed by atoms with Gasteiger partial charge >= 0.3 is 6.09 Å². The van der Waals surface area contributed by atoms with Crippen molar-refractivity contribution in [2.24, 2.45) is 5.10 Å². The monoisotopic (exact) mass is 294 g/mol. The molecule has 21 heavy (non-hydrogen) atoms. The molecule has 0 aromatic heterocycles. The molecule has 0 aliphatic heterocycles. The van der Waals surface area contributed by atoms with E-state index in [0.717, 1.165) is 11.1 Å². The van der Waals surface area contributed by atoms with Crippen LogP contribution in [0.25, 0.3) is 0 Å². The molecule has 1 atom stereocenters. The number of hydrogen-bond acceptors (Lipinski definition) is 5. The van der Waals surface area contributed by atoms with Gasteiger partial charge < -0.3 is 14.6 Å². The molecular weight excluding hydrogens is 272 g/mol. The molecule has 0 fully saturated rings. The Hall–Kier alpha value is -2.08. The van der Waals surface area contributed by atoms with Crippen molar-refractivity contribution in [3.05, 3.63) is 34.9 Å². The third kappa shape index (κ3) is 4.19. The molecule has 2 N–H and O–H groups in total. The molecule has 0 radical (unpaired) electrons. The number of nitrogens with one attached hydrogen (secondary N) is 1. The van der Waals surface area contributed by atoms with Crippen LogP contribution in [0.15, 0.2) is 23.3 Å². The summed E-state index contributed by atoms with van der Waals surface area (Å²) < 4.78 is 9.79. The van der Waals surface area contributed by atoms with Crippen LogP contribution in [0.3, 0.4) is 0 Å². The van der Waals surface area contributed by atoms with Gasteiger partial charge in [-0.1, -0.05) is 18.2 Å². The highest BCUT2D eigenvalue weighted by molar-refractivity contribution is 5.87. The summed E-state index contributed by atoms with van der Waals surface area (Å²) in [6.45, 7) is 7.58. The molecule has 0 saturated carbocycles. The zero-order valence-electron chi connectivity index (χ0n) is 13.1. The summed E-state index contributed by atoms with van der Waals surface area (Å²) in [7, 11) is 1.23. The third-order valence-electron chi connectivity index (χ3n) is 3.20. The predicted octanol–water partition coefficient (Wildman–Crippen LogP) is 2.22. The van der Waals surface area contributed by atoms with Crippen LogP contribution in [0.2, 0.25) is 0 Å². The number of aliphatic hydroxyl groups is 1. The van der Waals surface area contributed by atoms with Gasteiger partial charge in [0, 0.05) is 0 Å². The Balaban J connectivity index is 3.13. The van der Waals surface area contributed by atoms with E-state index in [2.05, 4.69) is 15.3 Å². The number of carbonyl (C=O) groups excluding carboxylic acids is 1. The molecule has 1 unspecified atom stereocenters. The van der Waals surface area contributed by atoms with E-state index in [1.165, 1.54) is 7.11 Å². The molecule has 0 saturated heterocycles. The fraction of sp³-hybridized carbons (Fsp3) is 0.467. The Morgan fingerprint density at radius 1 is 1.38 bits per heavy atom. The Bertz CT molecular complexity index is 538. The van der Waals surface area contributed by atoms with Gasteiger partial charge in [0.15, 0.2) is 5.60 Å². The number of rotatable bonds is 4. The fourth-order valence-corrected chi connectivity index (χ4v) is 1.73. The average molecular weight is 294 g/mol. The quantitative estimate of drug-likeness (QED) is 0.507. The Labute approximate surface area is 124 Å². The first-order valence-corrected chi connectivity index (χ1v) is 6.68. The lowest BCUT2D eigenvalue weighted by Crippen LogP contribution is -2.36. The zero-order valence-corrected chi connectivity index (χ0v) is 13.1. The van der Waals surface area contributed by atoms with Gasteiger partial charge in [-0.05, 0) is 44.4 Å². The maximum Gasteiger partial charge on any atom is 0.427 e. The second kappa shape index (κ2) is 7.08. The number of hydrazone groups is 1. The lowest BCUT2D eigenvalue weighted by atomic mass is 9.93. The first-order valence-electron chi connectivity index (χ1n) is 6.68. The minimum absolute atomic E-state index is 0.00125. The van der Waals surface area contributed by atoms with Gasteiger partial charge in [0.2, 0.25) is 5.90 Å². The Morgan fingerprint density at radius 3 is 2.57 bits per heavy atom. The maximum atomic E-state index is 11.1. The number of aryl methyl sites for hydroxylation is 2. The number of nitrogens with zero attached hydrogens (tertiary/aromatic N) is 1. The largest absolute Gasteiger partial charge is 0.478 e. The summed E-state index contributed by atoms with van der Waals surface area (Å²) >= 11 is 0. The molecule has 6 nitrogen and oxygen atoms in total. The van der Waals surface area contributed by atoms with Crippen LogP contribution in [0, 0.1) is 13.8 Å². The molecule has 0 spiro atoms. The molecule has 1 rings (SSSR count). The van der Waals surface area contributed by atoms with Crippen molar-refractivity contribution < 1.29 is 19.4 Å². The van der Waals surface area contributed by atoms with Crippen LogP contribution in [0.4, 0.5) is 4.79 Å². The van der Waals surface area contributed by atoms with Crippen LogP contribution < -0.4 is 5.43 Å². The van der Waals surface area contributed by atoms with Crippen molar-refractivity contribution in [3.63, 3.8) is 0 Å². The number of ether oxygens (including phenoxy) is 2. The van der Waals surface area contributed by atoms with Gasteiger partial charge in [-0.2, -0.15) is 0 Å². The smallest absolute Gasteiger partial charge is 0.427 e. The van der Waals surface area contributed by atoms with Gasteiger partial charge in [-0.3, -0.25) is 0 Å². The van der Waals surface area contributed by atoms with Gasteiger partial charge in [0.25, 0.3) is 0 Å². The molecule has 1 amide bonds. The van der Waals surface area contributed by atoms with E-state index in [-0.39, 0.29) is 5.90 Å². The first kappa shape index (κ1) is 17.0. The van der Waals surface area contributed by atoms with Crippen molar-refractivity contribution >= 4 is 12.0 Å². The molecule has 0 aliphatic carbocycles. The van der Waals surface area contributed by atoms with Crippen LogP contribution in [0.5, 0.6) is 0 Å². The lowest BCUT2D eigenvalue weighted by molar-refractivity contribution is 0.0948. The standard InChI is InChI=1S/C15H22N2O4/c1-6-21-13(16-17-14(18)20-5)15(4,19)12-8-7-10(2)11(3)9-12/h7-9,19H,6H2,1-5H3,(H,17,18)/b16-13-. The molecule has 0 heterocycles. The van der Waals surface area contributed by atoms with Gasteiger partial charge in [0.05, 0.1) is 13.7 Å². The fourth-order valence-electron chi connectivity index (χ4n) is 1.73. The van der Waals surface area contributed by atoms with Gasteiger partial charge in [0.1, 0.15) is 0 Å². The SMILES string of the molecule is CCO/C(=N\NC(=O)OC)C(C)(O)c1ccc(C)c(C)c1. The highest BCUT2D eigenvalue weighted by atomic mass is 16.5. The summed E-state index contributed by atoms with van der Waals surface area (Å²) in [6.07, 6.45) is -0.733. The van der Waals surface area contributed by atoms with E-state index in [1.54, 1.807) is 19.9 Å². The van der Waals surface area contributed by atoms with E-state index in [1.807, 2.05) is 26.0 Å². The maximum absolute atomic E-state index is 11.1. The number of amides is 1. The van der Waals surface area contributed by atoms with E-state index in [9.17, 15) is 9.90 Å². The normalized spacial score (nSPS) is 14.3. The average Bonchev–Trinajstić information content (AvgIpc) is 2.45. The molecule has 116 valence electrons. The highest BCUT2D eigenvalue weighted by Crippen LogP contribution is 2.25. The van der Waals surface area contributed by atoms with Crippen molar-refractivity contribution in [3.8, 4) is 0 Å². The van der Waals surface area contributed by atoms with Gasteiger partial charge in [-0.15, -0.1) is 5.10 Å². The zero-order chi connectivity index (χ0) is 16.0. The topological polar surface area (TPSA) is 80.2 Å². The van der Waals surface area contributed by atoms with E-state index >= 15 is 0 Å². The summed E-state index contributed by atoms with van der Waals surface area (Å²) in [5.41, 5.74) is 3.50. The molecule has 1 aromatic carbocycles. The van der Waals surface area contributed by atoms with Crippen molar-refractivity contribution in [2.45, 2.75) is 33.3 Å². The minimum Gasteiger partial charge on any atom is -0.478 e. The van der Waals surface area contributed by atoms with Crippen LogP contribution in [-0.4, -0.2) is 30.8 Å². The molecular formula is C15H22N2O4. The third-order valence-corrected chi connectivity index (χ3v) is 3.20. The van der Waals surface area contributed by atoms with E-state index in [0.29, 0.717) is 12.2 Å². The molecule has 0 bridgehead atoms. The number of methoxy groups -OCH3 is 1. The predicted molar refractivity (Wildman–Crippen MR) is 80.1 cm³/mol. The highest BCUT2D eigenvalue weighted by Gasteiger charge is 2.32. The van der Waals surface area contributed by atoms with Crippen molar-refractivity contribution in [1.29, 1.82) is 0 Å².